The standard InChI is InChI=1S/C16H26N4O3/c1-11(2)23-9-5-7-17-16(22)13(4)20-14-10-12(3)18-19(14)8-6-15(20)21/h10-11,13H,5-9H2,1-4H3,(H,17,22). The van der Waals surface area contributed by atoms with E-state index in [1.807, 2.05) is 26.8 Å². The molecule has 0 radical (unpaired) electrons. The number of anilines is 1. The number of aryl methyl sites for hydroxylation is 2. The van der Waals surface area contributed by atoms with Gasteiger partial charge in [-0.05, 0) is 34.1 Å². The van der Waals surface area contributed by atoms with Crippen molar-refractivity contribution in [3.63, 3.8) is 0 Å². The van der Waals surface area contributed by atoms with Crippen LogP contribution in [-0.4, -0.2) is 46.9 Å². The van der Waals surface area contributed by atoms with Gasteiger partial charge in [-0.25, -0.2) is 4.68 Å². The SMILES string of the molecule is Cc1cc2n(n1)CCC(=O)N2C(C)C(=O)NCCCOC(C)C. The molecule has 2 amide bonds. The van der Waals surface area contributed by atoms with E-state index in [2.05, 4.69) is 10.4 Å². The summed E-state index contributed by atoms with van der Waals surface area (Å²) >= 11 is 0. The summed E-state index contributed by atoms with van der Waals surface area (Å²) < 4.78 is 7.23. The van der Waals surface area contributed by atoms with Crippen LogP contribution in [0.1, 0.15) is 39.3 Å². The van der Waals surface area contributed by atoms with Gasteiger partial charge in [-0.2, -0.15) is 5.10 Å². The highest BCUT2D eigenvalue weighted by atomic mass is 16.5. The second kappa shape index (κ2) is 7.59. The van der Waals surface area contributed by atoms with Gasteiger partial charge in [0.15, 0.2) is 0 Å². The zero-order valence-electron chi connectivity index (χ0n) is 14.3. The highest BCUT2D eigenvalue weighted by Gasteiger charge is 2.32. The monoisotopic (exact) mass is 322 g/mol. The van der Waals surface area contributed by atoms with Crippen LogP contribution in [0.5, 0.6) is 0 Å². The number of nitrogens with one attached hydrogen (secondary N) is 1. The Labute approximate surface area is 137 Å². The third-order valence-electron chi connectivity index (χ3n) is 3.77. The maximum atomic E-state index is 12.3. The van der Waals surface area contributed by atoms with E-state index in [9.17, 15) is 9.59 Å². The van der Waals surface area contributed by atoms with Crippen LogP contribution in [0.3, 0.4) is 0 Å². The van der Waals surface area contributed by atoms with Crippen molar-refractivity contribution < 1.29 is 14.3 Å². The van der Waals surface area contributed by atoms with E-state index in [1.54, 1.807) is 16.5 Å². The molecule has 2 rings (SSSR count). The van der Waals surface area contributed by atoms with Gasteiger partial charge in [0.1, 0.15) is 11.9 Å². The maximum Gasteiger partial charge on any atom is 0.242 e. The van der Waals surface area contributed by atoms with Crippen molar-refractivity contribution in [3.8, 4) is 0 Å². The molecule has 23 heavy (non-hydrogen) atoms. The lowest BCUT2D eigenvalue weighted by Crippen LogP contribution is -2.51. The van der Waals surface area contributed by atoms with Crippen molar-refractivity contribution in [3.05, 3.63) is 11.8 Å². The highest BCUT2D eigenvalue weighted by molar-refractivity contribution is 6.00. The summed E-state index contributed by atoms with van der Waals surface area (Å²) in [6.07, 6.45) is 1.31. The molecule has 0 saturated carbocycles. The van der Waals surface area contributed by atoms with Gasteiger partial charge in [-0.15, -0.1) is 0 Å². The summed E-state index contributed by atoms with van der Waals surface area (Å²) in [7, 11) is 0. The molecule has 0 saturated heterocycles. The zero-order chi connectivity index (χ0) is 17.0. The number of rotatable bonds is 7. The number of ether oxygens (including phenoxy) is 1. The summed E-state index contributed by atoms with van der Waals surface area (Å²) in [4.78, 5) is 26.1. The van der Waals surface area contributed by atoms with Crippen LogP contribution in [0.2, 0.25) is 0 Å². The minimum absolute atomic E-state index is 0.0387. The number of amides is 2. The molecule has 0 fully saturated rings. The maximum absolute atomic E-state index is 12.3. The Balaban J connectivity index is 1.92. The fraction of sp³-hybridized carbons (Fsp3) is 0.688. The third-order valence-corrected chi connectivity index (χ3v) is 3.77. The van der Waals surface area contributed by atoms with Crippen molar-refractivity contribution in [1.82, 2.24) is 15.1 Å². The first-order chi connectivity index (χ1) is 10.9. The molecule has 0 aromatic carbocycles. The molecule has 1 aromatic rings. The minimum atomic E-state index is -0.552. The summed E-state index contributed by atoms with van der Waals surface area (Å²) in [5.74, 6) is 0.503. The molecule has 1 aliphatic rings. The Morgan fingerprint density at radius 2 is 2.17 bits per heavy atom. The molecule has 0 bridgehead atoms. The van der Waals surface area contributed by atoms with Crippen molar-refractivity contribution >= 4 is 17.6 Å². The first-order valence-corrected chi connectivity index (χ1v) is 8.16. The van der Waals surface area contributed by atoms with Crippen molar-refractivity contribution in [1.29, 1.82) is 0 Å². The number of hydrogen-bond acceptors (Lipinski definition) is 4. The van der Waals surface area contributed by atoms with Gasteiger partial charge >= 0.3 is 0 Å². The molecule has 1 aliphatic heterocycles. The second-order valence-corrected chi connectivity index (χ2v) is 6.12. The van der Waals surface area contributed by atoms with Crippen molar-refractivity contribution in [2.24, 2.45) is 0 Å². The van der Waals surface area contributed by atoms with Crippen molar-refractivity contribution in [2.45, 2.75) is 59.2 Å². The number of carbonyl (C=O) groups excluding carboxylic acids is 2. The summed E-state index contributed by atoms with van der Waals surface area (Å²) in [5, 5.41) is 7.22. The number of fused-ring (bicyclic) bond motifs is 1. The lowest BCUT2D eigenvalue weighted by Gasteiger charge is -2.31. The molecule has 1 aromatic heterocycles. The third kappa shape index (κ3) is 4.31. The highest BCUT2D eigenvalue weighted by Crippen LogP contribution is 2.24. The Hall–Kier alpha value is -1.89. The van der Waals surface area contributed by atoms with Gasteiger partial charge in [-0.1, -0.05) is 0 Å². The molecule has 1 atom stereocenters. The van der Waals surface area contributed by atoms with Crippen LogP contribution >= 0.6 is 0 Å². The molecule has 7 nitrogen and oxygen atoms in total. The number of hydrogen-bond donors (Lipinski definition) is 1. The quantitative estimate of drug-likeness (QED) is 0.767. The number of carbonyl (C=O) groups is 2. The Bertz CT molecular complexity index is 568. The summed E-state index contributed by atoms with van der Waals surface area (Å²) in [6, 6.07) is 1.29. The van der Waals surface area contributed by atoms with Crippen LogP contribution in [0.15, 0.2) is 6.07 Å². The zero-order valence-corrected chi connectivity index (χ0v) is 14.3. The second-order valence-electron chi connectivity index (χ2n) is 6.12. The lowest BCUT2D eigenvalue weighted by molar-refractivity contribution is -0.126. The lowest BCUT2D eigenvalue weighted by atomic mass is 10.2. The topological polar surface area (TPSA) is 76.5 Å². The predicted molar refractivity (Wildman–Crippen MR) is 87.2 cm³/mol. The van der Waals surface area contributed by atoms with E-state index in [4.69, 9.17) is 4.74 Å². The molecule has 2 heterocycles. The van der Waals surface area contributed by atoms with E-state index < -0.39 is 6.04 Å². The minimum Gasteiger partial charge on any atom is -0.379 e. The molecule has 128 valence electrons. The Morgan fingerprint density at radius 1 is 1.43 bits per heavy atom. The Morgan fingerprint density at radius 3 is 2.87 bits per heavy atom. The van der Waals surface area contributed by atoms with E-state index in [-0.39, 0.29) is 17.9 Å². The van der Waals surface area contributed by atoms with Crippen molar-refractivity contribution in [2.75, 3.05) is 18.1 Å². The molecule has 7 heteroatoms. The van der Waals surface area contributed by atoms with Crippen LogP contribution in [-0.2, 0) is 20.9 Å². The van der Waals surface area contributed by atoms with Crippen LogP contribution < -0.4 is 10.2 Å². The van der Waals surface area contributed by atoms with E-state index in [1.165, 1.54) is 0 Å². The van der Waals surface area contributed by atoms with Gasteiger partial charge in [0, 0.05) is 25.6 Å². The molecule has 1 unspecified atom stereocenters. The smallest absolute Gasteiger partial charge is 0.242 e. The molecular weight excluding hydrogens is 296 g/mol. The largest absolute Gasteiger partial charge is 0.379 e. The molecule has 0 aliphatic carbocycles. The predicted octanol–water partition coefficient (Wildman–Crippen LogP) is 1.25. The average molecular weight is 322 g/mol. The fourth-order valence-corrected chi connectivity index (χ4v) is 2.62. The van der Waals surface area contributed by atoms with Gasteiger partial charge in [-0.3, -0.25) is 14.5 Å². The van der Waals surface area contributed by atoms with Gasteiger partial charge in [0.25, 0.3) is 0 Å². The normalized spacial score (nSPS) is 15.7. The van der Waals surface area contributed by atoms with E-state index in [0.29, 0.717) is 31.9 Å². The Kier molecular flexibility index (Phi) is 5.76. The van der Waals surface area contributed by atoms with E-state index >= 15 is 0 Å². The van der Waals surface area contributed by atoms with E-state index in [0.717, 1.165) is 12.1 Å². The van der Waals surface area contributed by atoms with Gasteiger partial charge in [0.05, 0.1) is 18.3 Å². The van der Waals surface area contributed by atoms with Crippen LogP contribution in [0, 0.1) is 6.92 Å². The fourth-order valence-electron chi connectivity index (χ4n) is 2.62. The molecule has 1 N–H and O–H groups in total. The summed E-state index contributed by atoms with van der Waals surface area (Å²) in [5.41, 5.74) is 0.846. The number of aromatic nitrogens is 2. The van der Waals surface area contributed by atoms with Gasteiger partial charge < -0.3 is 10.1 Å². The first-order valence-electron chi connectivity index (χ1n) is 8.16. The van der Waals surface area contributed by atoms with Crippen LogP contribution in [0.25, 0.3) is 0 Å². The first kappa shape index (κ1) is 17.5. The molecule has 0 spiro atoms. The summed E-state index contributed by atoms with van der Waals surface area (Å²) in [6.45, 7) is 9.31. The van der Waals surface area contributed by atoms with Crippen LogP contribution in [0.4, 0.5) is 5.82 Å². The van der Waals surface area contributed by atoms with Gasteiger partial charge in [0.2, 0.25) is 11.8 Å². The number of nitrogens with zero attached hydrogens (tertiary/aromatic N) is 3. The molecular formula is C16H26N4O3. The average Bonchev–Trinajstić information content (AvgIpc) is 2.86.